The number of phenolic OH excluding ortho intramolecular Hbond substituents is 1. The minimum absolute atomic E-state index is 0.0187. The van der Waals surface area contributed by atoms with E-state index in [-0.39, 0.29) is 11.8 Å². The number of benzene rings is 1. The van der Waals surface area contributed by atoms with Crippen LogP contribution in [0.5, 0.6) is 5.75 Å². The molecule has 0 bridgehead atoms. The Balaban J connectivity index is 2.29. The van der Waals surface area contributed by atoms with E-state index in [1.807, 2.05) is 24.0 Å². The molecule has 1 heterocycles. The molecule has 2 atom stereocenters. The lowest BCUT2D eigenvalue weighted by molar-refractivity contribution is -0.143. The highest BCUT2D eigenvalue weighted by Gasteiger charge is 2.35. The van der Waals surface area contributed by atoms with E-state index in [0.29, 0.717) is 6.42 Å². The molecule has 18 heavy (non-hydrogen) atoms. The van der Waals surface area contributed by atoms with Gasteiger partial charge in [-0.25, -0.2) is 0 Å². The maximum atomic E-state index is 11.2. The number of aliphatic carboxylic acids is 1. The molecule has 0 aliphatic carbocycles. The molecule has 2 rings (SSSR count). The third kappa shape index (κ3) is 2.34. The number of carboxylic acids is 1. The van der Waals surface area contributed by atoms with E-state index in [0.717, 1.165) is 24.9 Å². The quantitative estimate of drug-likeness (QED) is 0.860. The first-order valence-electron chi connectivity index (χ1n) is 6.41. The summed E-state index contributed by atoms with van der Waals surface area (Å²) in [5, 5.41) is 19.2. The maximum absolute atomic E-state index is 11.2. The molecular weight excluding hydrogens is 230 g/mol. The Hall–Kier alpha value is -1.55. The normalized spacial score (nSPS) is 21.9. The third-order valence-corrected chi connectivity index (χ3v) is 3.66. The van der Waals surface area contributed by atoms with Gasteiger partial charge in [0, 0.05) is 11.6 Å². The van der Waals surface area contributed by atoms with Crippen LogP contribution in [-0.2, 0) is 4.79 Å². The molecule has 1 aliphatic rings. The molecule has 2 unspecified atom stereocenters. The van der Waals surface area contributed by atoms with E-state index in [2.05, 4.69) is 0 Å². The van der Waals surface area contributed by atoms with Crippen molar-refractivity contribution >= 4 is 5.97 Å². The van der Waals surface area contributed by atoms with Crippen LogP contribution >= 0.6 is 0 Å². The molecule has 0 aromatic heterocycles. The molecule has 4 nitrogen and oxygen atoms in total. The monoisotopic (exact) mass is 249 g/mol. The third-order valence-electron chi connectivity index (χ3n) is 3.66. The van der Waals surface area contributed by atoms with Crippen molar-refractivity contribution in [1.82, 2.24) is 4.90 Å². The lowest BCUT2D eigenvalue weighted by atomic mass is 10.0. The van der Waals surface area contributed by atoms with Gasteiger partial charge in [-0.05, 0) is 31.9 Å². The van der Waals surface area contributed by atoms with Gasteiger partial charge in [0.15, 0.2) is 0 Å². The molecule has 2 N–H and O–H groups in total. The summed E-state index contributed by atoms with van der Waals surface area (Å²) in [5.41, 5.74) is 0.827. The Morgan fingerprint density at radius 1 is 1.50 bits per heavy atom. The summed E-state index contributed by atoms with van der Waals surface area (Å²) in [6.07, 6.45) is 2.39. The molecule has 1 aliphatic heterocycles. The number of hydrogen-bond donors (Lipinski definition) is 2. The molecule has 1 aromatic rings. The van der Waals surface area contributed by atoms with Crippen molar-refractivity contribution in [3.05, 3.63) is 29.8 Å². The highest BCUT2D eigenvalue weighted by molar-refractivity contribution is 5.74. The number of phenols is 1. The Morgan fingerprint density at radius 3 is 2.83 bits per heavy atom. The maximum Gasteiger partial charge on any atom is 0.320 e. The number of carboxylic acid groups (broad SMARTS) is 1. The van der Waals surface area contributed by atoms with Crippen LogP contribution in [0.4, 0.5) is 0 Å². The van der Waals surface area contributed by atoms with E-state index in [1.54, 1.807) is 12.1 Å². The van der Waals surface area contributed by atoms with Gasteiger partial charge < -0.3 is 10.2 Å². The van der Waals surface area contributed by atoms with Gasteiger partial charge in [-0.3, -0.25) is 9.69 Å². The van der Waals surface area contributed by atoms with Crippen molar-refractivity contribution < 1.29 is 15.0 Å². The Kier molecular flexibility index (Phi) is 3.87. The van der Waals surface area contributed by atoms with Gasteiger partial charge in [-0.1, -0.05) is 25.1 Å². The minimum Gasteiger partial charge on any atom is -0.508 e. The van der Waals surface area contributed by atoms with Gasteiger partial charge in [0.1, 0.15) is 11.8 Å². The fraction of sp³-hybridized carbons (Fsp3) is 0.500. The molecule has 0 amide bonds. The van der Waals surface area contributed by atoms with Gasteiger partial charge in [-0.2, -0.15) is 0 Å². The Morgan fingerprint density at radius 2 is 2.22 bits per heavy atom. The fourth-order valence-corrected chi connectivity index (χ4v) is 2.83. The summed E-state index contributed by atoms with van der Waals surface area (Å²) < 4.78 is 0. The number of para-hydroxylation sites is 1. The smallest absolute Gasteiger partial charge is 0.320 e. The number of aromatic hydroxyl groups is 1. The van der Waals surface area contributed by atoms with Crippen LogP contribution in [-0.4, -0.2) is 33.7 Å². The number of nitrogens with zero attached hydrogens (tertiary/aromatic N) is 1. The average Bonchev–Trinajstić information content (AvgIpc) is 2.82. The van der Waals surface area contributed by atoms with Gasteiger partial charge in [0.2, 0.25) is 0 Å². The number of rotatable bonds is 4. The summed E-state index contributed by atoms with van der Waals surface area (Å²) >= 11 is 0. The first-order chi connectivity index (χ1) is 8.65. The van der Waals surface area contributed by atoms with Gasteiger partial charge >= 0.3 is 5.97 Å². The van der Waals surface area contributed by atoms with Crippen LogP contribution in [0.3, 0.4) is 0 Å². The van der Waals surface area contributed by atoms with Crippen LogP contribution in [0, 0.1) is 0 Å². The molecule has 4 heteroatoms. The first kappa shape index (κ1) is 12.9. The molecule has 0 spiro atoms. The number of hydrogen-bond acceptors (Lipinski definition) is 3. The van der Waals surface area contributed by atoms with Gasteiger partial charge in [0.25, 0.3) is 0 Å². The second-order valence-corrected chi connectivity index (χ2v) is 4.72. The van der Waals surface area contributed by atoms with Crippen molar-refractivity contribution in [3.8, 4) is 5.75 Å². The number of likely N-dealkylation sites (tertiary alicyclic amines) is 1. The highest BCUT2D eigenvalue weighted by atomic mass is 16.4. The van der Waals surface area contributed by atoms with E-state index < -0.39 is 12.0 Å². The van der Waals surface area contributed by atoms with E-state index in [9.17, 15) is 15.0 Å². The predicted molar refractivity (Wildman–Crippen MR) is 68.5 cm³/mol. The summed E-state index contributed by atoms with van der Waals surface area (Å²) in [6, 6.07) is 6.75. The van der Waals surface area contributed by atoms with Crippen LogP contribution in [0.2, 0.25) is 0 Å². The topological polar surface area (TPSA) is 60.8 Å². The van der Waals surface area contributed by atoms with Crippen molar-refractivity contribution in [3.63, 3.8) is 0 Å². The second-order valence-electron chi connectivity index (χ2n) is 4.72. The zero-order valence-corrected chi connectivity index (χ0v) is 10.5. The standard InChI is InChI=1S/C14H19NO3/c1-2-11(10-6-3-4-8-13(10)16)15-9-5-7-12(15)14(17)18/h3-4,6,8,11-12,16H,2,5,7,9H2,1H3,(H,17,18). The van der Waals surface area contributed by atoms with Crippen molar-refractivity contribution in [2.45, 2.75) is 38.3 Å². The van der Waals surface area contributed by atoms with E-state index in [4.69, 9.17) is 0 Å². The molecule has 1 fully saturated rings. The second kappa shape index (κ2) is 5.40. The fourth-order valence-electron chi connectivity index (χ4n) is 2.83. The van der Waals surface area contributed by atoms with Gasteiger partial charge in [-0.15, -0.1) is 0 Å². The molecule has 98 valence electrons. The highest BCUT2D eigenvalue weighted by Crippen LogP contribution is 2.35. The van der Waals surface area contributed by atoms with Crippen LogP contribution in [0.1, 0.15) is 37.8 Å². The Bertz CT molecular complexity index is 433. The summed E-state index contributed by atoms with van der Waals surface area (Å²) in [6.45, 7) is 2.80. The number of carbonyl (C=O) groups is 1. The molecule has 1 aromatic carbocycles. The van der Waals surface area contributed by atoms with Crippen molar-refractivity contribution in [1.29, 1.82) is 0 Å². The SMILES string of the molecule is CCC(c1ccccc1O)N1CCCC1C(=O)O. The average molecular weight is 249 g/mol. The molecular formula is C14H19NO3. The van der Waals surface area contributed by atoms with Crippen LogP contribution in [0.25, 0.3) is 0 Å². The largest absolute Gasteiger partial charge is 0.508 e. The van der Waals surface area contributed by atoms with Crippen LogP contribution in [0.15, 0.2) is 24.3 Å². The van der Waals surface area contributed by atoms with Crippen LogP contribution < -0.4 is 0 Å². The lowest BCUT2D eigenvalue weighted by Crippen LogP contribution is -2.38. The van der Waals surface area contributed by atoms with E-state index >= 15 is 0 Å². The predicted octanol–water partition coefficient (Wildman–Crippen LogP) is 2.39. The first-order valence-corrected chi connectivity index (χ1v) is 6.41. The molecule has 0 radical (unpaired) electrons. The Labute approximate surface area is 107 Å². The lowest BCUT2D eigenvalue weighted by Gasteiger charge is -2.31. The zero-order valence-electron chi connectivity index (χ0n) is 10.5. The summed E-state index contributed by atoms with van der Waals surface area (Å²) in [4.78, 5) is 13.2. The van der Waals surface area contributed by atoms with Crippen molar-refractivity contribution in [2.24, 2.45) is 0 Å². The zero-order chi connectivity index (χ0) is 13.1. The molecule has 0 saturated carbocycles. The van der Waals surface area contributed by atoms with Gasteiger partial charge in [0.05, 0.1) is 0 Å². The van der Waals surface area contributed by atoms with E-state index in [1.165, 1.54) is 0 Å². The summed E-state index contributed by atoms with van der Waals surface area (Å²) in [5.74, 6) is -0.512. The van der Waals surface area contributed by atoms with Crippen molar-refractivity contribution in [2.75, 3.05) is 6.54 Å². The summed E-state index contributed by atoms with van der Waals surface area (Å²) in [7, 11) is 0. The molecule has 1 saturated heterocycles. The minimum atomic E-state index is -0.763.